The van der Waals surface area contributed by atoms with Gasteiger partial charge in [-0.1, -0.05) is 43.1 Å². The number of aliphatic hydroxyl groups is 1. The van der Waals surface area contributed by atoms with Crippen molar-refractivity contribution in [1.29, 1.82) is 0 Å². The van der Waals surface area contributed by atoms with Crippen LogP contribution in [0.3, 0.4) is 0 Å². The number of fused-ring (bicyclic) bond motifs is 1. The Morgan fingerprint density at radius 1 is 1.28 bits per heavy atom. The van der Waals surface area contributed by atoms with Crippen LogP contribution in [0.15, 0.2) is 27.1 Å². The van der Waals surface area contributed by atoms with Gasteiger partial charge in [0, 0.05) is 9.86 Å². The molecule has 0 aliphatic rings. The second-order valence-electron chi connectivity index (χ2n) is 5.02. The van der Waals surface area contributed by atoms with Crippen molar-refractivity contribution in [3.05, 3.63) is 34.0 Å². The summed E-state index contributed by atoms with van der Waals surface area (Å²) in [6, 6.07) is 6.08. The second-order valence-corrected chi connectivity index (χ2v) is 5.94. The van der Waals surface area contributed by atoms with E-state index in [0.29, 0.717) is 11.7 Å². The summed E-state index contributed by atoms with van der Waals surface area (Å²) in [4.78, 5) is 0. The molecular formula is C15H19BrO2. The van der Waals surface area contributed by atoms with Gasteiger partial charge in [-0.25, -0.2) is 0 Å². The van der Waals surface area contributed by atoms with Crippen LogP contribution in [0.1, 0.15) is 57.0 Å². The average Bonchev–Trinajstić information content (AvgIpc) is 2.71. The van der Waals surface area contributed by atoms with Gasteiger partial charge in [0.1, 0.15) is 17.4 Å². The van der Waals surface area contributed by atoms with Crippen LogP contribution in [0, 0.1) is 0 Å². The maximum absolute atomic E-state index is 10.0. The van der Waals surface area contributed by atoms with Crippen LogP contribution < -0.4 is 0 Å². The van der Waals surface area contributed by atoms with Crippen molar-refractivity contribution in [1.82, 2.24) is 0 Å². The maximum Gasteiger partial charge on any atom is 0.137 e. The highest BCUT2D eigenvalue weighted by Crippen LogP contribution is 2.34. The van der Waals surface area contributed by atoms with Crippen LogP contribution >= 0.6 is 15.9 Å². The summed E-state index contributed by atoms with van der Waals surface area (Å²) in [5, 5.41) is 11.1. The van der Waals surface area contributed by atoms with E-state index in [4.69, 9.17) is 4.42 Å². The first-order valence-corrected chi connectivity index (χ1v) is 7.23. The van der Waals surface area contributed by atoms with Gasteiger partial charge >= 0.3 is 0 Å². The van der Waals surface area contributed by atoms with Crippen molar-refractivity contribution >= 4 is 26.9 Å². The Bertz CT molecular complexity index is 543. The minimum Gasteiger partial charge on any atom is -0.458 e. The third kappa shape index (κ3) is 2.62. The van der Waals surface area contributed by atoms with E-state index in [-0.39, 0.29) is 0 Å². The molecule has 1 aromatic heterocycles. The third-order valence-electron chi connectivity index (χ3n) is 3.14. The van der Waals surface area contributed by atoms with Gasteiger partial charge < -0.3 is 9.52 Å². The van der Waals surface area contributed by atoms with Gasteiger partial charge in [0.2, 0.25) is 0 Å². The zero-order chi connectivity index (χ0) is 13.3. The Labute approximate surface area is 116 Å². The fourth-order valence-electron chi connectivity index (χ4n) is 2.17. The largest absolute Gasteiger partial charge is 0.458 e. The van der Waals surface area contributed by atoms with E-state index in [1.807, 2.05) is 12.1 Å². The zero-order valence-corrected chi connectivity index (χ0v) is 12.6. The summed E-state index contributed by atoms with van der Waals surface area (Å²) in [5.74, 6) is 1.07. The van der Waals surface area contributed by atoms with Crippen molar-refractivity contribution in [3.63, 3.8) is 0 Å². The molecule has 0 aliphatic carbocycles. The number of aliphatic hydroxyl groups excluding tert-OH is 1. The van der Waals surface area contributed by atoms with Crippen molar-refractivity contribution < 1.29 is 9.52 Å². The molecule has 0 bridgehead atoms. The van der Waals surface area contributed by atoms with Crippen molar-refractivity contribution in [2.45, 2.75) is 45.6 Å². The van der Waals surface area contributed by atoms with Gasteiger partial charge in [-0.2, -0.15) is 0 Å². The van der Waals surface area contributed by atoms with E-state index in [2.05, 4.69) is 42.8 Å². The minimum absolute atomic E-state index is 0.396. The first kappa shape index (κ1) is 13.6. The lowest BCUT2D eigenvalue weighted by atomic mass is 10.0. The molecule has 1 atom stereocenters. The molecule has 2 rings (SSSR count). The molecule has 1 N–H and O–H groups in total. The van der Waals surface area contributed by atoms with Crippen LogP contribution in [0.25, 0.3) is 11.0 Å². The second kappa shape index (κ2) is 5.45. The van der Waals surface area contributed by atoms with Gasteiger partial charge in [-0.05, 0) is 36.1 Å². The number of hydrogen-bond donors (Lipinski definition) is 1. The van der Waals surface area contributed by atoms with Crippen LogP contribution in [0.4, 0.5) is 0 Å². The van der Waals surface area contributed by atoms with E-state index in [1.54, 1.807) is 0 Å². The molecule has 1 unspecified atom stereocenters. The average molecular weight is 311 g/mol. The summed E-state index contributed by atoms with van der Waals surface area (Å²) >= 11 is 3.52. The van der Waals surface area contributed by atoms with Crippen LogP contribution in [-0.2, 0) is 0 Å². The van der Waals surface area contributed by atoms with Crippen molar-refractivity contribution in [2.75, 3.05) is 0 Å². The van der Waals surface area contributed by atoms with Gasteiger partial charge in [0.15, 0.2) is 0 Å². The van der Waals surface area contributed by atoms with Gasteiger partial charge in [0.05, 0.1) is 0 Å². The summed E-state index contributed by atoms with van der Waals surface area (Å²) < 4.78 is 6.91. The third-order valence-corrected chi connectivity index (χ3v) is 3.60. The molecule has 0 spiro atoms. The quantitative estimate of drug-likeness (QED) is 0.847. The lowest BCUT2D eigenvalue weighted by Gasteiger charge is -2.07. The number of rotatable bonds is 4. The standard InChI is InChI=1S/C15H19BrO2/c1-4-5-13(17)14-7-10-6-11(16)8-12(9(2)3)15(10)18-14/h6-9,13,17H,4-5H2,1-3H3. The number of hydrogen-bond acceptors (Lipinski definition) is 2. The molecule has 1 heterocycles. The summed E-state index contributed by atoms with van der Waals surface area (Å²) in [5.41, 5.74) is 2.08. The molecule has 3 heteroatoms. The van der Waals surface area contributed by atoms with E-state index in [0.717, 1.165) is 28.3 Å². The zero-order valence-electron chi connectivity index (χ0n) is 11.0. The number of furan rings is 1. The van der Waals surface area contributed by atoms with Gasteiger partial charge in [-0.3, -0.25) is 0 Å². The number of halogens is 1. The highest BCUT2D eigenvalue weighted by Gasteiger charge is 2.16. The molecule has 0 amide bonds. The molecular weight excluding hydrogens is 292 g/mol. The Morgan fingerprint density at radius 3 is 2.61 bits per heavy atom. The Morgan fingerprint density at radius 2 is 2.00 bits per heavy atom. The SMILES string of the molecule is CCCC(O)c1cc2cc(Br)cc(C(C)C)c2o1. The van der Waals surface area contributed by atoms with E-state index in [1.165, 1.54) is 5.56 Å². The number of benzene rings is 1. The molecule has 0 saturated heterocycles. The Hall–Kier alpha value is -0.800. The lowest BCUT2D eigenvalue weighted by molar-refractivity contribution is 0.141. The van der Waals surface area contributed by atoms with Crippen molar-refractivity contribution in [2.24, 2.45) is 0 Å². The molecule has 0 saturated carbocycles. The first-order chi connectivity index (χ1) is 8.52. The Balaban J connectivity index is 2.53. The molecule has 0 radical (unpaired) electrons. The molecule has 2 nitrogen and oxygen atoms in total. The molecule has 18 heavy (non-hydrogen) atoms. The van der Waals surface area contributed by atoms with E-state index < -0.39 is 6.10 Å². The van der Waals surface area contributed by atoms with E-state index >= 15 is 0 Å². The molecule has 0 aliphatic heterocycles. The molecule has 0 fully saturated rings. The monoisotopic (exact) mass is 310 g/mol. The first-order valence-electron chi connectivity index (χ1n) is 6.43. The van der Waals surface area contributed by atoms with Crippen molar-refractivity contribution in [3.8, 4) is 0 Å². The fourth-order valence-corrected chi connectivity index (χ4v) is 2.66. The fraction of sp³-hybridized carbons (Fsp3) is 0.467. The summed E-state index contributed by atoms with van der Waals surface area (Å²) in [7, 11) is 0. The maximum atomic E-state index is 10.0. The smallest absolute Gasteiger partial charge is 0.137 e. The Kier molecular flexibility index (Phi) is 4.13. The van der Waals surface area contributed by atoms with Crippen LogP contribution in [0.5, 0.6) is 0 Å². The summed E-state index contributed by atoms with van der Waals surface area (Å²) in [6.07, 6.45) is 1.18. The minimum atomic E-state index is -0.499. The van der Waals surface area contributed by atoms with Gasteiger partial charge in [-0.15, -0.1) is 0 Å². The predicted octanol–water partition coefficient (Wildman–Crippen LogP) is 5.15. The molecule has 2 aromatic rings. The van der Waals surface area contributed by atoms with E-state index in [9.17, 15) is 5.11 Å². The summed E-state index contributed by atoms with van der Waals surface area (Å²) in [6.45, 7) is 6.35. The van der Waals surface area contributed by atoms with Crippen LogP contribution in [0.2, 0.25) is 0 Å². The highest BCUT2D eigenvalue weighted by molar-refractivity contribution is 9.10. The van der Waals surface area contributed by atoms with Gasteiger partial charge in [0.25, 0.3) is 0 Å². The molecule has 1 aromatic carbocycles. The molecule has 98 valence electrons. The topological polar surface area (TPSA) is 33.4 Å². The lowest BCUT2D eigenvalue weighted by Crippen LogP contribution is -1.93. The normalized spacial score (nSPS) is 13.4. The predicted molar refractivity (Wildman–Crippen MR) is 77.9 cm³/mol. The highest BCUT2D eigenvalue weighted by atomic mass is 79.9. The van der Waals surface area contributed by atoms with Crippen LogP contribution in [-0.4, -0.2) is 5.11 Å².